The number of nitrogens with one attached hydrogen (secondary N) is 1. The van der Waals surface area contributed by atoms with Gasteiger partial charge >= 0.3 is 0 Å². The lowest BCUT2D eigenvalue weighted by Gasteiger charge is -2.26. The van der Waals surface area contributed by atoms with E-state index in [1.807, 2.05) is 46.7 Å². The third-order valence-corrected chi connectivity index (χ3v) is 5.11. The number of anilines is 1. The summed E-state index contributed by atoms with van der Waals surface area (Å²) in [6, 6.07) is 15.8. The molecule has 3 aromatic rings. The number of carbonyl (C=O) groups excluding carboxylic acids is 1. The lowest BCUT2D eigenvalue weighted by Crippen LogP contribution is -2.32. The van der Waals surface area contributed by atoms with Crippen LogP contribution in [0.4, 0.5) is 5.69 Å². The predicted molar refractivity (Wildman–Crippen MR) is 96.0 cm³/mol. The second kappa shape index (κ2) is 6.09. The average molecular weight is 335 g/mol. The van der Waals surface area contributed by atoms with Crippen LogP contribution in [0.2, 0.25) is 0 Å². The molecule has 0 fully saturated rings. The molecule has 0 aliphatic carbocycles. The molecule has 120 valence electrons. The Balaban J connectivity index is 1.72. The number of hydrogen-bond donors (Lipinski definition) is 1. The van der Waals surface area contributed by atoms with E-state index in [-0.39, 0.29) is 12.1 Å². The first-order chi connectivity index (χ1) is 11.7. The molecule has 3 heterocycles. The first kappa shape index (κ1) is 14.9. The maximum Gasteiger partial charge on any atom is 0.258 e. The number of aromatic nitrogens is 1. The summed E-state index contributed by atoms with van der Waals surface area (Å²) in [5.41, 5.74) is 3.64. The Morgan fingerprint density at radius 1 is 1.17 bits per heavy atom. The molecule has 4 rings (SSSR count). The van der Waals surface area contributed by atoms with Crippen LogP contribution >= 0.6 is 11.3 Å². The van der Waals surface area contributed by atoms with E-state index in [9.17, 15) is 4.79 Å². The molecule has 1 aromatic carbocycles. The highest BCUT2D eigenvalue weighted by Gasteiger charge is 2.38. The summed E-state index contributed by atoms with van der Waals surface area (Å²) < 4.78 is 0. The Morgan fingerprint density at radius 3 is 2.83 bits per heavy atom. The van der Waals surface area contributed by atoms with Crippen molar-refractivity contribution in [2.24, 2.45) is 0 Å². The summed E-state index contributed by atoms with van der Waals surface area (Å²) in [5, 5.41) is 5.54. The minimum Gasteiger partial charge on any atom is -0.360 e. The number of thiophene rings is 1. The summed E-state index contributed by atoms with van der Waals surface area (Å²) in [4.78, 5) is 20.4. The SMILES string of the molecule is Cc1ccccc1NC1c2ncccc2C(=O)N1Cc1cccs1. The summed E-state index contributed by atoms with van der Waals surface area (Å²) in [6.45, 7) is 2.64. The van der Waals surface area contributed by atoms with E-state index in [0.717, 1.165) is 21.8 Å². The first-order valence-electron chi connectivity index (χ1n) is 7.84. The van der Waals surface area contributed by atoms with Crippen LogP contribution in [-0.4, -0.2) is 15.8 Å². The average Bonchev–Trinajstić information content (AvgIpc) is 3.20. The van der Waals surface area contributed by atoms with E-state index >= 15 is 0 Å². The van der Waals surface area contributed by atoms with Crippen LogP contribution in [0.1, 0.15) is 32.7 Å². The van der Waals surface area contributed by atoms with Crippen molar-refractivity contribution in [1.29, 1.82) is 0 Å². The van der Waals surface area contributed by atoms with Gasteiger partial charge in [-0.15, -0.1) is 11.3 Å². The molecule has 0 spiro atoms. The van der Waals surface area contributed by atoms with Crippen molar-refractivity contribution >= 4 is 22.9 Å². The number of rotatable bonds is 4. The maximum atomic E-state index is 12.9. The van der Waals surface area contributed by atoms with E-state index in [4.69, 9.17) is 0 Å². The standard InChI is InChI=1S/C19H17N3OS/c1-13-6-2-3-9-16(13)21-18-17-15(8-4-10-20-17)19(23)22(18)12-14-7-5-11-24-14/h2-11,18,21H,12H2,1H3. The van der Waals surface area contributed by atoms with Gasteiger partial charge < -0.3 is 10.2 Å². The predicted octanol–water partition coefficient (Wildman–Crippen LogP) is 4.22. The molecule has 5 heteroatoms. The number of aryl methyl sites for hydroxylation is 1. The van der Waals surface area contributed by atoms with Gasteiger partial charge in [-0.3, -0.25) is 9.78 Å². The smallest absolute Gasteiger partial charge is 0.258 e. The zero-order chi connectivity index (χ0) is 16.5. The van der Waals surface area contributed by atoms with Gasteiger partial charge in [-0.25, -0.2) is 0 Å². The molecule has 1 amide bonds. The summed E-state index contributed by atoms with van der Waals surface area (Å²) >= 11 is 1.66. The van der Waals surface area contributed by atoms with E-state index < -0.39 is 0 Å². The van der Waals surface area contributed by atoms with Crippen LogP contribution in [0.5, 0.6) is 0 Å². The molecule has 2 aromatic heterocycles. The number of para-hydroxylation sites is 1. The number of carbonyl (C=O) groups is 1. The van der Waals surface area contributed by atoms with Gasteiger partial charge in [-0.1, -0.05) is 24.3 Å². The molecular weight excluding hydrogens is 318 g/mol. The molecule has 1 aliphatic heterocycles. The van der Waals surface area contributed by atoms with Crippen LogP contribution in [0.15, 0.2) is 60.1 Å². The van der Waals surface area contributed by atoms with Crippen LogP contribution in [0.3, 0.4) is 0 Å². The van der Waals surface area contributed by atoms with Crippen molar-refractivity contribution in [1.82, 2.24) is 9.88 Å². The van der Waals surface area contributed by atoms with Gasteiger partial charge in [0.1, 0.15) is 6.17 Å². The molecule has 1 unspecified atom stereocenters. The number of amides is 1. The molecule has 1 N–H and O–H groups in total. The summed E-state index contributed by atoms with van der Waals surface area (Å²) in [6.07, 6.45) is 1.49. The monoisotopic (exact) mass is 335 g/mol. The van der Waals surface area contributed by atoms with Gasteiger partial charge in [-0.05, 0) is 42.1 Å². The topological polar surface area (TPSA) is 45.2 Å². The normalized spacial score (nSPS) is 16.3. The van der Waals surface area contributed by atoms with Crippen molar-refractivity contribution in [3.63, 3.8) is 0 Å². The van der Waals surface area contributed by atoms with E-state index in [0.29, 0.717) is 12.1 Å². The maximum absolute atomic E-state index is 12.9. The largest absolute Gasteiger partial charge is 0.360 e. The molecule has 1 aliphatic rings. The lowest BCUT2D eigenvalue weighted by atomic mass is 10.1. The molecule has 0 radical (unpaired) electrons. The number of pyridine rings is 1. The van der Waals surface area contributed by atoms with Gasteiger partial charge in [0.25, 0.3) is 5.91 Å². The molecule has 0 bridgehead atoms. The van der Waals surface area contributed by atoms with Crippen LogP contribution in [0, 0.1) is 6.92 Å². The Kier molecular flexibility index (Phi) is 3.78. The Hall–Kier alpha value is -2.66. The van der Waals surface area contributed by atoms with Gasteiger partial charge in [0.05, 0.1) is 17.8 Å². The zero-order valence-corrected chi connectivity index (χ0v) is 14.1. The Labute approximate surface area is 144 Å². The highest BCUT2D eigenvalue weighted by Crippen LogP contribution is 2.35. The lowest BCUT2D eigenvalue weighted by molar-refractivity contribution is 0.0729. The second-order valence-electron chi connectivity index (χ2n) is 5.81. The highest BCUT2D eigenvalue weighted by molar-refractivity contribution is 7.09. The summed E-state index contributed by atoms with van der Waals surface area (Å²) in [7, 11) is 0. The van der Waals surface area contributed by atoms with Crippen molar-refractivity contribution in [2.45, 2.75) is 19.6 Å². The third-order valence-electron chi connectivity index (χ3n) is 4.24. The minimum atomic E-state index is -0.253. The highest BCUT2D eigenvalue weighted by atomic mass is 32.1. The number of nitrogens with zero attached hydrogens (tertiary/aromatic N) is 2. The second-order valence-corrected chi connectivity index (χ2v) is 6.84. The molecule has 0 saturated carbocycles. The van der Waals surface area contributed by atoms with Gasteiger partial charge in [0.2, 0.25) is 0 Å². The molecule has 4 nitrogen and oxygen atoms in total. The third kappa shape index (κ3) is 2.57. The first-order valence-corrected chi connectivity index (χ1v) is 8.72. The van der Waals surface area contributed by atoms with Gasteiger partial charge in [0.15, 0.2) is 0 Å². The van der Waals surface area contributed by atoms with E-state index in [1.165, 1.54) is 0 Å². The van der Waals surface area contributed by atoms with Crippen molar-refractivity contribution < 1.29 is 4.79 Å². The fourth-order valence-electron chi connectivity index (χ4n) is 3.00. The van der Waals surface area contributed by atoms with E-state index in [1.54, 1.807) is 17.5 Å². The Bertz CT molecular complexity index is 876. The zero-order valence-electron chi connectivity index (χ0n) is 13.3. The van der Waals surface area contributed by atoms with Gasteiger partial charge in [0, 0.05) is 16.8 Å². The van der Waals surface area contributed by atoms with E-state index in [2.05, 4.69) is 29.4 Å². The van der Waals surface area contributed by atoms with Crippen LogP contribution < -0.4 is 5.32 Å². The van der Waals surface area contributed by atoms with Crippen molar-refractivity contribution in [3.05, 3.63) is 81.8 Å². The summed E-state index contributed by atoms with van der Waals surface area (Å²) in [5.74, 6) is 0.0255. The fourth-order valence-corrected chi connectivity index (χ4v) is 3.70. The van der Waals surface area contributed by atoms with Crippen molar-refractivity contribution in [3.8, 4) is 0 Å². The fraction of sp³-hybridized carbons (Fsp3) is 0.158. The molecule has 24 heavy (non-hydrogen) atoms. The van der Waals surface area contributed by atoms with Gasteiger partial charge in [-0.2, -0.15) is 0 Å². The Morgan fingerprint density at radius 2 is 2.04 bits per heavy atom. The van der Waals surface area contributed by atoms with Crippen LogP contribution in [-0.2, 0) is 6.54 Å². The molecular formula is C19H17N3OS. The van der Waals surface area contributed by atoms with Crippen molar-refractivity contribution in [2.75, 3.05) is 5.32 Å². The molecule has 0 saturated heterocycles. The molecule has 1 atom stereocenters. The number of benzene rings is 1. The minimum absolute atomic E-state index is 0.0255. The number of hydrogen-bond acceptors (Lipinski definition) is 4. The number of fused-ring (bicyclic) bond motifs is 1. The quantitative estimate of drug-likeness (QED) is 0.776. The van der Waals surface area contributed by atoms with Crippen LogP contribution in [0.25, 0.3) is 0 Å².